The van der Waals surface area contributed by atoms with Gasteiger partial charge in [0.2, 0.25) is 0 Å². The number of thioether (sulfide) groups is 2. The molecule has 0 aliphatic carbocycles. The third-order valence-corrected chi connectivity index (χ3v) is 24.0. The van der Waals surface area contributed by atoms with Crippen LogP contribution in [-0.2, 0) is 15.7 Å². The zero-order valence-corrected chi connectivity index (χ0v) is 45.0. The molecule has 0 aromatic carbocycles. The van der Waals surface area contributed by atoms with Crippen molar-refractivity contribution in [2.45, 2.75) is 293 Å². The van der Waals surface area contributed by atoms with E-state index in [1.165, 1.54) is 231 Å². The Morgan fingerprint density at radius 2 is 0.508 bits per heavy atom. The standard InChI is InChI=1S/2C18H36O2S.2C8H17.Sn/c2*1-2-3-4-5-6-7-8-9-10-11-12-13-14-15-16-21-17-18(19)20;2*1-3-5-7-8-6-4-2;/h2*2-17H2,1H3,(H,19,20);2*1,3-8H2,2H3;/q;;;;+2/p-2. The van der Waals surface area contributed by atoms with Gasteiger partial charge in [-0.2, -0.15) is 0 Å². The van der Waals surface area contributed by atoms with Crippen molar-refractivity contribution in [2.75, 3.05) is 23.0 Å². The molecule has 0 N–H and O–H groups in total. The molecule has 352 valence electrons. The Morgan fingerprint density at radius 3 is 0.746 bits per heavy atom. The van der Waals surface area contributed by atoms with E-state index >= 15 is 0 Å². The summed E-state index contributed by atoms with van der Waals surface area (Å²) in [7, 11) is 0. The summed E-state index contributed by atoms with van der Waals surface area (Å²) in [6, 6.07) is 0. The summed E-state index contributed by atoms with van der Waals surface area (Å²) >= 11 is -0.518. The minimum Gasteiger partial charge on any atom is -0.0654 e. The quantitative estimate of drug-likeness (QED) is 0.0447. The van der Waals surface area contributed by atoms with Crippen molar-refractivity contribution in [3.05, 3.63) is 0 Å². The van der Waals surface area contributed by atoms with Crippen molar-refractivity contribution in [3.8, 4) is 0 Å². The molecule has 0 saturated carbocycles. The maximum absolute atomic E-state index is 13.5. The Bertz CT molecular complexity index is 791. The van der Waals surface area contributed by atoms with Gasteiger partial charge in [-0.05, 0) is 0 Å². The van der Waals surface area contributed by atoms with Crippen molar-refractivity contribution in [1.29, 1.82) is 0 Å². The van der Waals surface area contributed by atoms with Crippen molar-refractivity contribution >= 4 is 54.7 Å². The van der Waals surface area contributed by atoms with E-state index in [0.29, 0.717) is 11.5 Å². The van der Waals surface area contributed by atoms with Gasteiger partial charge < -0.3 is 0 Å². The summed E-state index contributed by atoms with van der Waals surface area (Å²) in [4.78, 5) is 26.9. The fourth-order valence-corrected chi connectivity index (χ4v) is 19.7. The molecule has 0 saturated heterocycles. The molecule has 0 aliphatic heterocycles. The first-order valence-electron chi connectivity index (χ1n) is 26.6. The molecule has 7 heteroatoms. The first kappa shape index (κ1) is 59.4. The van der Waals surface area contributed by atoms with Gasteiger partial charge in [0.1, 0.15) is 0 Å². The molecule has 0 aromatic rings. The van der Waals surface area contributed by atoms with Crippen LogP contribution >= 0.6 is 23.5 Å². The van der Waals surface area contributed by atoms with E-state index in [2.05, 4.69) is 27.7 Å². The molecular formula is C52H104O4S2Sn. The number of hydrogen-bond donors (Lipinski definition) is 0. The van der Waals surface area contributed by atoms with Gasteiger partial charge in [-0.3, -0.25) is 0 Å². The topological polar surface area (TPSA) is 52.6 Å². The van der Waals surface area contributed by atoms with Crippen LogP contribution in [-0.4, -0.2) is 54.2 Å². The number of rotatable bonds is 50. The van der Waals surface area contributed by atoms with Crippen LogP contribution < -0.4 is 0 Å². The van der Waals surface area contributed by atoms with Gasteiger partial charge in [0.05, 0.1) is 0 Å². The molecule has 0 spiro atoms. The van der Waals surface area contributed by atoms with Gasteiger partial charge in [0, 0.05) is 0 Å². The van der Waals surface area contributed by atoms with E-state index in [9.17, 15) is 9.59 Å². The molecular weight excluding hydrogens is 871 g/mol. The molecule has 0 atom stereocenters. The van der Waals surface area contributed by atoms with E-state index in [-0.39, 0.29) is 11.9 Å². The first-order chi connectivity index (χ1) is 29.0. The van der Waals surface area contributed by atoms with Crippen molar-refractivity contribution in [3.63, 3.8) is 0 Å². The smallest absolute Gasteiger partial charge is 0.0654 e. The molecule has 0 rings (SSSR count). The van der Waals surface area contributed by atoms with Crippen LogP contribution in [0.5, 0.6) is 0 Å². The van der Waals surface area contributed by atoms with Crippen LogP contribution in [0, 0.1) is 0 Å². The van der Waals surface area contributed by atoms with Gasteiger partial charge in [-0.25, -0.2) is 0 Å². The number of unbranched alkanes of at least 4 members (excludes halogenated alkanes) is 36. The summed E-state index contributed by atoms with van der Waals surface area (Å²) < 4.78 is 14.7. The van der Waals surface area contributed by atoms with Gasteiger partial charge >= 0.3 is 283 Å². The summed E-state index contributed by atoms with van der Waals surface area (Å²) in [6.07, 6.45) is 52.6. The van der Waals surface area contributed by atoms with E-state index < -0.39 is 19.2 Å². The van der Waals surface area contributed by atoms with Crippen molar-refractivity contribution in [1.82, 2.24) is 0 Å². The van der Waals surface area contributed by atoms with Crippen LogP contribution in [0.15, 0.2) is 0 Å². The average Bonchev–Trinajstić information content (AvgIpc) is 3.23. The van der Waals surface area contributed by atoms with Gasteiger partial charge in [0.15, 0.2) is 0 Å². The SMILES string of the molecule is CCCCCCCCCCCCCCCCSCC(=O)[O][Sn]([CH2]CCCCCCC)([CH2]CCCCCCC)[O]C(=O)CSCCCCCCCCCCCCCCCC. The first-order valence-corrected chi connectivity index (χ1v) is 35.3. The molecule has 0 heterocycles. The summed E-state index contributed by atoms with van der Waals surface area (Å²) in [5.41, 5.74) is 0. The molecule has 0 aliphatic rings. The molecule has 0 unspecified atom stereocenters. The molecule has 0 radical (unpaired) electrons. The molecule has 4 nitrogen and oxygen atoms in total. The number of carbonyl (C=O) groups is 2. The third kappa shape index (κ3) is 44.8. The monoisotopic (exact) mass is 977 g/mol. The second-order valence-electron chi connectivity index (χ2n) is 18.2. The Morgan fingerprint density at radius 1 is 0.305 bits per heavy atom. The molecule has 0 amide bonds. The Hall–Kier alpha value is 0.439. The second kappa shape index (κ2) is 49.5. The Kier molecular flexibility index (Phi) is 49.8. The van der Waals surface area contributed by atoms with E-state index in [4.69, 9.17) is 6.15 Å². The molecule has 0 bridgehead atoms. The van der Waals surface area contributed by atoms with E-state index in [1.807, 2.05) is 0 Å². The van der Waals surface area contributed by atoms with Gasteiger partial charge in [-0.1, -0.05) is 104 Å². The van der Waals surface area contributed by atoms with Crippen LogP contribution in [0.2, 0.25) is 8.87 Å². The molecule has 0 aromatic heterocycles. The fraction of sp³-hybridized carbons (Fsp3) is 0.962. The zero-order chi connectivity index (χ0) is 43.0. The van der Waals surface area contributed by atoms with Crippen molar-refractivity contribution in [2.24, 2.45) is 0 Å². The van der Waals surface area contributed by atoms with E-state index in [0.717, 1.165) is 46.1 Å². The van der Waals surface area contributed by atoms with Gasteiger partial charge in [-0.15, -0.1) is 0 Å². The van der Waals surface area contributed by atoms with Crippen molar-refractivity contribution < 1.29 is 15.7 Å². The predicted octanol–water partition coefficient (Wildman–Crippen LogP) is 18.7. The Labute approximate surface area is 384 Å². The number of carbonyl (C=O) groups excluding carboxylic acids is 2. The summed E-state index contributed by atoms with van der Waals surface area (Å²) in [5.74, 6) is 2.60. The summed E-state index contributed by atoms with van der Waals surface area (Å²) in [6.45, 7) is 9.10. The predicted molar refractivity (Wildman–Crippen MR) is 270 cm³/mol. The minimum atomic E-state index is -3.97. The second-order valence-corrected chi connectivity index (χ2v) is 29.6. The van der Waals surface area contributed by atoms with Gasteiger partial charge in [0.25, 0.3) is 0 Å². The zero-order valence-electron chi connectivity index (χ0n) is 40.5. The van der Waals surface area contributed by atoms with Crippen LogP contribution in [0.4, 0.5) is 0 Å². The average molecular weight is 976 g/mol. The molecule has 59 heavy (non-hydrogen) atoms. The van der Waals surface area contributed by atoms with Crippen LogP contribution in [0.3, 0.4) is 0 Å². The normalized spacial score (nSPS) is 11.7. The fourth-order valence-electron chi connectivity index (χ4n) is 8.28. The van der Waals surface area contributed by atoms with E-state index in [1.54, 1.807) is 23.5 Å². The van der Waals surface area contributed by atoms with Crippen LogP contribution in [0.1, 0.15) is 285 Å². The minimum absolute atomic E-state index is 0.115. The Balaban J connectivity index is 4.70. The third-order valence-electron chi connectivity index (χ3n) is 12.1. The maximum atomic E-state index is 13.5. The summed E-state index contributed by atoms with van der Waals surface area (Å²) in [5, 5.41) is 0. The molecule has 0 fully saturated rings. The number of hydrogen-bond acceptors (Lipinski definition) is 6. The van der Waals surface area contributed by atoms with Crippen LogP contribution in [0.25, 0.3) is 0 Å².